The molecule has 0 saturated heterocycles. The van der Waals surface area contributed by atoms with Crippen molar-refractivity contribution < 1.29 is 26.4 Å². The number of hydrogen-bond donors (Lipinski definition) is 3. The van der Waals surface area contributed by atoms with Crippen LogP contribution in [0.1, 0.15) is 40.9 Å². The third-order valence-corrected chi connectivity index (χ3v) is 7.34. The van der Waals surface area contributed by atoms with Crippen molar-refractivity contribution >= 4 is 27.6 Å². The van der Waals surface area contributed by atoms with Gasteiger partial charge in [-0.2, -0.15) is 13.2 Å². The third kappa shape index (κ3) is 5.64. The van der Waals surface area contributed by atoms with Crippen LogP contribution in [0, 0.1) is 13.8 Å². The maximum absolute atomic E-state index is 12.9. The lowest BCUT2D eigenvalue weighted by Gasteiger charge is -2.13. The normalized spacial score (nSPS) is 13.6. The number of nitrogens with one attached hydrogen (secondary N) is 1. The first-order valence-electron chi connectivity index (χ1n) is 11.3. The zero-order valence-electron chi connectivity index (χ0n) is 20.8. The zero-order chi connectivity index (χ0) is 27.7. The van der Waals surface area contributed by atoms with E-state index in [9.17, 15) is 26.4 Å². The molecule has 0 saturated carbocycles. The minimum absolute atomic E-state index is 0.0143. The van der Waals surface area contributed by atoms with Crippen molar-refractivity contribution in [3.8, 4) is 11.1 Å². The van der Waals surface area contributed by atoms with Crippen molar-refractivity contribution in [3.63, 3.8) is 0 Å². The molecule has 3 aromatic carbocycles. The van der Waals surface area contributed by atoms with Crippen LogP contribution in [-0.4, -0.2) is 25.9 Å². The van der Waals surface area contributed by atoms with Crippen LogP contribution in [0.3, 0.4) is 0 Å². The number of carbonyl (C=O) groups is 1. The first-order chi connectivity index (χ1) is 17.2. The first kappa shape index (κ1) is 27.8. The van der Waals surface area contributed by atoms with Gasteiger partial charge < -0.3 is 16.8 Å². The Bertz CT molecular complexity index is 1600. The molecule has 0 heterocycles. The Morgan fingerprint density at radius 1 is 0.973 bits per heavy atom. The summed E-state index contributed by atoms with van der Waals surface area (Å²) in [5, 5.41) is 3.94. The van der Waals surface area contributed by atoms with Crippen molar-refractivity contribution in [1.29, 1.82) is 0 Å². The molecule has 196 valence electrons. The Balaban J connectivity index is 2.13. The second-order valence-corrected chi connectivity index (χ2v) is 10.9. The highest BCUT2D eigenvalue weighted by Crippen LogP contribution is 2.31. The van der Waals surface area contributed by atoms with Crippen molar-refractivity contribution in [2.24, 2.45) is 11.5 Å². The predicted molar refractivity (Wildman–Crippen MR) is 138 cm³/mol. The maximum atomic E-state index is 12.9. The Labute approximate surface area is 213 Å². The van der Waals surface area contributed by atoms with Gasteiger partial charge in [0.1, 0.15) is 0 Å². The van der Waals surface area contributed by atoms with Gasteiger partial charge in [0, 0.05) is 34.3 Å². The zero-order valence-corrected chi connectivity index (χ0v) is 21.6. The molecule has 0 aliphatic rings. The molecule has 0 aliphatic carbocycles. The van der Waals surface area contributed by atoms with Gasteiger partial charge in [0.15, 0.2) is 0 Å². The standard InChI is InChI=1S/C27H28F3N3O3S/c1-15(2)33-26(34)19-6-5-16(3)24(13-19)18-7-9-23(20(12-18)14-31)25(32)22-10-8-21(11-17(22)4)37(35,36)27(28,29)30/h5-15H,31-32H2,1-4H3,(H,33,34)/b20-14-,25-23-. The van der Waals surface area contributed by atoms with Crippen LogP contribution in [0.2, 0.25) is 0 Å². The maximum Gasteiger partial charge on any atom is 0.501 e. The highest BCUT2D eigenvalue weighted by atomic mass is 32.2. The summed E-state index contributed by atoms with van der Waals surface area (Å²) < 4.78 is 62.4. The lowest BCUT2D eigenvalue weighted by Crippen LogP contribution is -2.31. The third-order valence-electron chi connectivity index (χ3n) is 5.85. The molecule has 0 fully saturated rings. The minimum atomic E-state index is -5.48. The summed E-state index contributed by atoms with van der Waals surface area (Å²) in [6, 6.07) is 13.8. The topological polar surface area (TPSA) is 115 Å². The summed E-state index contributed by atoms with van der Waals surface area (Å²) in [6.07, 6.45) is 1.36. The molecule has 10 heteroatoms. The molecule has 3 aromatic rings. The number of hydrogen-bond acceptors (Lipinski definition) is 5. The van der Waals surface area contributed by atoms with E-state index < -0.39 is 20.2 Å². The predicted octanol–water partition coefficient (Wildman–Crippen LogP) is 3.21. The van der Waals surface area contributed by atoms with E-state index in [1.807, 2.05) is 26.8 Å². The molecule has 0 bridgehead atoms. The van der Waals surface area contributed by atoms with Gasteiger partial charge in [0.05, 0.1) is 4.90 Å². The summed E-state index contributed by atoms with van der Waals surface area (Å²) >= 11 is 0. The number of benzene rings is 3. The summed E-state index contributed by atoms with van der Waals surface area (Å²) in [5.74, 6) is -0.192. The number of aryl methyl sites for hydroxylation is 2. The molecule has 37 heavy (non-hydrogen) atoms. The Hall–Kier alpha value is -3.79. The fraction of sp³-hybridized carbons (Fsp3) is 0.222. The highest BCUT2D eigenvalue weighted by molar-refractivity contribution is 7.92. The van der Waals surface area contributed by atoms with Crippen molar-refractivity contribution in [2.45, 2.75) is 44.1 Å². The average molecular weight is 532 g/mol. The van der Waals surface area contributed by atoms with E-state index in [0.717, 1.165) is 28.8 Å². The Morgan fingerprint density at radius 3 is 2.22 bits per heavy atom. The van der Waals surface area contributed by atoms with E-state index >= 15 is 0 Å². The van der Waals surface area contributed by atoms with Crippen LogP contribution in [0.5, 0.6) is 0 Å². The van der Waals surface area contributed by atoms with E-state index in [0.29, 0.717) is 21.6 Å². The fourth-order valence-corrected chi connectivity index (χ4v) is 4.76. The number of sulfone groups is 1. The summed E-state index contributed by atoms with van der Waals surface area (Å²) in [5.41, 5.74) is 10.8. The van der Waals surface area contributed by atoms with Crippen LogP contribution in [0.4, 0.5) is 13.2 Å². The molecule has 0 aromatic heterocycles. The van der Waals surface area contributed by atoms with E-state index in [1.54, 1.807) is 30.3 Å². The average Bonchev–Trinajstić information content (AvgIpc) is 2.82. The SMILES string of the molecule is Cc1cc(S(=O)(=O)C(F)(F)F)ccc1/C(N)=c1\ccc(-c2cc(C(=O)NC(C)C)ccc2C)c\c1=C\N. The molecule has 1 amide bonds. The largest absolute Gasteiger partial charge is 0.501 e. The van der Waals surface area contributed by atoms with Crippen LogP contribution in [0.25, 0.3) is 23.0 Å². The van der Waals surface area contributed by atoms with Gasteiger partial charge in [-0.25, -0.2) is 8.42 Å². The fourth-order valence-electron chi connectivity index (χ4n) is 3.92. The quantitative estimate of drug-likeness (QED) is 0.468. The highest BCUT2D eigenvalue weighted by Gasteiger charge is 2.46. The minimum Gasteiger partial charge on any atom is -0.404 e. The number of amides is 1. The van der Waals surface area contributed by atoms with Gasteiger partial charge in [-0.15, -0.1) is 0 Å². The van der Waals surface area contributed by atoms with E-state index in [2.05, 4.69) is 5.32 Å². The van der Waals surface area contributed by atoms with Crippen LogP contribution in [0.15, 0.2) is 59.5 Å². The van der Waals surface area contributed by atoms with Gasteiger partial charge in [0.25, 0.3) is 15.7 Å². The van der Waals surface area contributed by atoms with Crippen molar-refractivity contribution in [3.05, 3.63) is 87.3 Å². The number of carbonyl (C=O) groups excluding carboxylic acids is 1. The molecule has 6 nitrogen and oxygen atoms in total. The molecule has 0 atom stereocenters. The smallest absolute Gasteiger partial charge is 0.404 e. The second-order valence-electron chi connectivity index (χ2n) is 8.97. The second kappa shape index (κ2) is 10.3. The lowest BCUT2D eigenvalue weighted by atomic mass is 9.96. The monoisotopic (exact) mass is 531 g/mol. The molecular formula is C27H28F3N3O3S. The van der Waals surface area contributed by atoms with Gasteiger partial charge in [-0.05, 0) is 85.5 Å². The molecule has 0 unspecified atom stereocenters. The van der Waals surface area contributed by atoms with Gasteiger partial charge >= 0.3 is 5.51 Å². The first-order valence-corrected chi connectivity index (χ1v) is 12.8. The summed E-state index contributed by atoms with van der Waals surface area (Å²) in [4.78, 5) is 11.6. The van der Waals surface area contributed by atoms with Gasteiger partial charge in [0.2, 0.25) is 0 Å². The van der Waals surface area contributed by atoms with E-state index in [4.69, 9.17) is 11.5 Å². The van der Waals surface area contributed by atoms with E-state index in [1.165, 1.54) is 19.2 Å². The number of alkyl halides is 3. The number of rotatable bonds is 5. The molecule has 5 N–H and O–H groups in total. The molecule has 0 aliphatic heterocycles. The van der Waals surface area contributed by atoms with Gasteiger partial charge in [-0.1, -0.05) is 24.3 Å². The van der Waals surface area contributed by atoms with Crippen molar-refractivity contribution in [1.82, 2.24) is 5.32 Å². The molecule has 3 rings (SSSR count). The van der Waals surface area contributed by atoms with Gasteiger partial charge in [-0.3, -0.25) is 4.79 Å². The van der Waals surface area contributed by atoms with Crippen LogP contribution in [-0.2, 0) is 9.84 Å². The summed E-state index contributed by atoms with van der Waals surface area (Å²) in [6.45, 7) is 7.15. The number of nitrogens with two attached hydrogens (primary N) is 2. The lowest BCUT2D eigenvalue weighted by molar-refractivity contribution is -0.0436. The van der Waals surface area contributed by atoms with Crippen LogP contribution >= 0.6 is 0 Å². The van der Waals surface area contributed by atoms with Crippen LogP contribution < -0.4 is 27.2 Å². The Kier molecular flexibility index (Phi) is 7.73. The molecular weight excluding hydrogens is 503 g/mol. The molecule has 0 spiro atoms. The van der Waals surface area contributed by atoms with Crippen molar-refractivity contribution in [2.75, 3.05) is 0 Å². The number of halogens is 3. The Morgan fingerprint density at radius 2 is 1.65 bits per heavy atom. The van der Waals surface area contributed by atoms with E-state index in [-0.39, 0.29) is 23.2 Å². The summed E-state index contributed by atoms with van der Waals surface area (Å²) in [7, 11) is -5.48. The molecule has 0 radical (unpaired) electrons.